The maximum absolute atomic E-state index is 12.6. The minimum atomic E-state index is -3.38. The molecule has 0 N–H and O–H groups in total. The number of rotatable bonds is 4. The summed E-state index contributed by atoms with van der Waals surface area (Å²) in [5, 5.41) is 0. The summed E-state index contributed by atoms with van der Waals surface area (Å²) in [7, 11) is -3.38. The number of sulfonamides is 1. The van der Waals surface area contributed by atoms with E-state index < -0.39 is 10.0 Å². The molecule has 3 rings (SSSR count). The highest BCUT2D eigenvalue weighted by Gasteiger charge is 2.25. The summed E-state index contributed by atoms with van der Waals surface area (Å²) < 4.78 is 26.9. The van der Waals surface area contributed by atoms with Gasteiger partial charge in [-0.15, -0.1) is 0 Å². The molecule has 1 fully saturated rings. The molecule has 0 aromatic heterocycles. The average Bonchev–Trinajstić information content (AvgIpc) is 2.63. The van der Waals surface area contributed by atoms with Gasteiger partial charge in [-0.25, -0.2) is 8.42 Å². The zero-order valence-corrected chi connectivity index (χ0v) is 15.6. The summed E-state index contributed by atoms with van der Waals surface area (Å²) in [5.74, 6) is 0. The molecule has 1 aliphatic heterocycles. The second kappa shape index (κ2) is 7.50. The van der Waals surface area contributed by atoms with Gasteiger partial charge in [0.2, 0.25) is 10.0 Å². The van der Waals surface area contributed by atoms with Gasteiger partial charge >= 0.3 is 0 Å². The van der Waals surface area contributed by atoms with Crippen molar-refractivity contribution in [2.75, 3.05) is 13.1 Å². The maximum Gasteiger partial charge on any atom is 0.243 e. The van der Waals surface area contributed by atoms with E-state index in [9.17, 15) is 8.42 Å². The number of aryl methyl sites for hydroxylation is 2. The number of benzene rings is 2. The van der Waals surface area contributed by atoms with E-state index in [2.05, 4.69) is 37.0 Å². The molecule has 1 saturated heterocycles. The van der Waals surface area contributed by atoms with Crippen LogP contribution in [0.2, 0.25) is 0 Å². The van der Waals surface area contributed by atoms with Gasteiger partial charge in [0.05, 0.1) is 10.6 Å². The third-order valence-corrected chi connectivity index (χ3v) is 6.49. The largest absolute Gasteiger partial charge is 0.256 e. The third kappa shape index (κ3) is 4.17. The summed E-state index contributed by atoms with van der Waals surface area (Å²) in [5.41, 5.74) is 4.18. The molecule has 0 unspecified atom stereocenters. The van der Waals surface area contributed by atoms with E-state index in [1.54, 1.807) is 28.6 Å². The Kier molecular flexibility index (Phi) is 5.35. The van der Waals surface area contributed by atoms with Crippen LogP contribution >= 0.6 is 0 Å². The molecule has 0 aliphatic carbocycles. The van der Waals surface area contributed by atoms with Gasteiger partial charge in [0.1, 0.15) is 0 Å². The van der Waals surface area contributed by atoms with Crippen LogP contribution in [-0.2, 0) is 10.0 Å². The lowest BCUT2D eigenvalue weighted by Gasteiger charge is -2.25. The molecule has 1 aliphatic rings. The van der Waals surface area contributed by atoms with E-state index in [0.717, 1.165) is 30.5 Å². The van der Waals surface area contributed by atoms with Crippen molar-refractivity contribution >= 4 is 21.9 Å². The monoisotopic (exact) mass is 356 g/mol. The first kappa shape index (κ1) is 17.8. The molecule has 0 spiro atoms. The van der Waals surface area contributed by atoms with Crippen molar-refractivity contribution in [3.63, 3.8) is 0 Å². The summed E-state index contributed by atoms with van der Waals surface area (Å²) in [4.78, 5) is 4.83. The van der Waals surface area contributed by atoms with Crippen LogP contribution in [-0.4, -0.2) is 32.0 Å². The Bertz CT molecular complexity index is 865. The number of aliphatic imine (C=N–C) groups is 1. The molecule has 0 bridgehead atoms. The molecule has 0 atom stereocenters. The summed E-state index contributed by atoms with van der Waals surface area (Å²) in [6.45, 7) is 5.34. The first-order chi connectivity index (χ1) is 12.0. The Morgan fingerprint density at radius 3 is 2.32 bits per heavy atom. The second-order valence-electron chi connectivity index (χ2n) is 6.58. The molecule has 25 heavy (non-hydrogen) atoms. The predicted molar refractivity (Wildman–Crippen MR) is 102 cm³/mol. The Hall–Kier alpha value is -1.98. The Morgan fingerprint density at radius 1 is 0.960 bits per heavy atom. The van der Waals surface area contributed by atoms with Crippen molar-refractivity contribution in [1.29, 1.82) is 0 Å². The van der Waals surface area contributed by atoms with E-state index in [1.807, 2.05) is 6.21 Å². The fraction of sp³-hybridized carbons (Fsp3) is 0.350. The fourth-order valence-corrected chi connectivity index (χ4v) is 4.52. The molecule has 4 nitrogen and oxygen atoms in total. The number of hydrogen-bond acceptors (Lipinski definition) is 3. The molecule has 5 heteroatoms. The topological polar surface area (TPSA) is 49.7 Å². The predicted octanol–water partition coefficient (Wildman–Crippen LogP) is 4.23. The van der Waals surface area contributed by atoms with Gasteiger partial charge in [-0.3, -0.25) is 4.99 Å². The molecule has 0 saturated carbocycles. The number of piperidine rings is 1. The van der Waals surface area contributed by atoms with Crippen LogP contribution in [0.1, 0.15) is 36.0 Å². The van der Waals surface area contributed by atoms with Gasteiger partial charge in [0.25, 0.3) is 0 Å². The van der Waals surface area contributed by atoms with Gasteiger partial charge in [-0.1, -0.05) is 30.2 Å². The number of hydrogen-bond donors (Lipinski definition) is 0. The smallest absolute Gasteiger partial charge is 0.243 e. The SMILES string of the molecule is Cc1ccc(C)c(C=Nc2ccc(S(=O)(=O)N3CCCCC3)cc2)c1. The Labute approximate surface area is 150 Å². The Morgan fingerprint density at radius 2 is 1.64 bits per heavy atom. The van der Waals surface area contributed by atoms with Crippen LogP contribution in [0, 0.1) is 13.8 Å². The highest BCUT2D eigenvalue weighted by molar-refractivity contribution is 7.89. The van der Waals surface area contributed by atoms with E-state index in [-0.39, 0.29) is 0 Å². The van der Waals surface area contributed by atoms with Gasteiger partial charge in [-0.05, 0) is 62.1 Å². The second-order valence-corrected chi connectivity index (χ2v) is 8.51. The minimum Gasteiger partial charge on any atom is -0.256 e. The van der Waals surface area contributed by atoms with Crippen molar-refractivity contribution in [2.45, 2.75) is 38.0 Å². The van der Waals surface area contributed by atoms with E-state index in [1.165, 1.54) is 11.1 Å². The van der Waals surface area contributed by atoms with Gasteiger partial charge in [0.15, 0.2) is 0 Å². The zero-order chi connectivity index (χ0) is 17.9. The maximum atomic E-state index is 12.6. The fourth-order valence-electron chi connectivity index (χ4n) is 3.00. The molecule has 132 valence electrons. The quantitative estimate of drug-likeness (QED) is 0.770. The molecule has 2 aromatic rings. The lowest BCUT2D eigenvalue weighted by Crippen LogP contribution is -2.35. The highest BCUT2D eigenvalue weighted by atomic mass is 32.2. The van der Waals surface area contributed by atoms with Gasteiger partial charge in [-0.2, -0.15) is 4.31 Å². The van der Waals surface area contributed by atoms with Crippen LogP contribution in [0.3, 0.4) is 0 Å². The Balaban J connectivity index is 1.78. The number of nitrogens with zero attached hydrogens (tertiary/aromatic N) is 2. The summed E-state index contributed by atoms with van der Waals surface area (Å²) >= 11 is 0. The van der Waals surface area contributed by atoms with Crippen molar-refractivity contribution in [3.8, 4) is 0 Å². The van der Waals surface area contributed by atoms with Gasteiger partial charge < -0.3 is 0 Å². The molecule has 0 radical (unpaired) electrons. The van der Waals surface area contributed by atoms with E-state index in [4.69, 9.17) is 0 Å². The van der Waals surface area contributed by atoms with Crippen molar-refractivity contribution in [1.82, 2.24) is 4.31 Å². The molecular weight excluding hydrogens is 332 g/mol. The first-order valence-electron chi connectivity index (χ1n) is 8.68. The van der Waals surface area contributed by atoms with Crippen LogP contribution in [0.25, 0.3) is 0 Å². The van der Waals surface area contributed by atoms with E-state index in [0.29, 0.717) is 18.0 Å². The molecular formula is C20H24N2O2S. The normalized spacial score (nSPS) is 16.4. The van der Waals surface area contributed by atoms with Crippen LogP contribution in [0.15, 0.2) is 52.4 Å². The molecule has 2 aromatic carbocycles. The van der Waals surface area contributed by atoms with Crippen LogP contribution in [0.5, 0.6) is 0 Å². The van der Waals surface area contributed by atoms with Crippen molar-refractivity contribution in [2.24, 2.45) is 4.99 Å². The lowest BCUT2D eigenvalue weighted by atomic mass is 10.1. The van der Waals surface area contributed by atoms with Crippen molar-refractivity contribution in [3.05, 3.63) is 59.2 Å². The average molecular weight is 356 g/mol. The summed E-state index contributed by atoms with van der Waals surface area (Å²) in [6.07, 6.45) is 4.82. The highest BCUT2D eigenvalue weighted by Crippen LogP contribution is 2.23. The summed E-state index contributed by atoms with van der Waals surface area (Å²) in [6, 6.07) is 13.1. The lowest BCUT2D eigenvalue weighted by molar-refractivity contribution is 0.346. The van der Waals surface area contributed by atoms with Gasteiger partial charge in [0, 0.05) is 19.3 Å². The van der Waals surface area contributed by atoms with Crippen molar-refractivity contribution < 1.29 is 8.42 Å². The van der Waals surface area contributed by atoms with Crippen LogP contribution in [0.4, 0.5) is 5.69 Å². The van der Waals surface area contributed by atoms with Crippen LogP contribution < -0.4 is 0 Å². The van der Waals surface area contributed by atoms with E-state index >= 15 is 0 Å². The molecule has 0 amide bonds. The molecule has 1 heterocycles. The zero-order valence-electron chi connectivity index (χ0n) is 14.8. The third-order valence-electron chi connectivity index (χ3n) is 4.58. The first-order valence-corrected chi connectivity index (χ1v) is 10.1. The minimum absolute atomic E-state index is 0.347. The standard InChI is InChI=1S/C20H24N2O2S/c1-16-6-7-17(2)18(14-16)15-21-19-8-10-20(11-9-19)25(23,24)22-12-4-3-5-13-22/h6-11,14-15H,3-5,12-13H2,1-2H3.